The van der Waals surface area contributed by atoms with Gasteiger partial charge >= 0.3 is 0 Å². The minimum atomic E-state index is 0.905. The highest BCUT2D eigenvalue weighted by Gasteiger charge is 2.16. The molecule has 0 spiro atoms. The Morgan fingerprint density at radius 1 is 1.44 bits per heavy atom. The number of aromatic nitrogens is 2. The Morgan fingerprint density at radius 3 is 3.12 bits per heavy atom. The zero-order valence-corrected chi connectivity index (χ0v) is 10.2. The van der Waals surface area contributed by atoms with E-state index in [4.69, 9.17) is 0 Å². The lowest BCUT2D eigenvalue weighted by molar-refractivity contribution is 0.621. The SMILES string of the molecule is CCCCN(C)c1ncnc2c1CNCC2. The maximum absolute atomic E-state index is 4.42. The fraction of sp³-hybridized carbons (Fsp3) is 0.667. The molecule has 0 amide bonds. The highest BCUT2D eigenvalue weighted by Crippen LogP contribution is 2.21. The predicted octanol–water partition coefficient (Wildman–Crippen LogP) is 1.36. The van der Waals surface area contributed by atoms with E-state index in [0.717, 1.165) is 31.9 Å². The first-order valence-electron chi connectivity index (χ1n) is 6.07. The molecule has 0 saturated carbocycles. The van der Waals surface area contributed by atoms with E-state index in [1.807, 2.05) is 0 Å². The van der Waals surface area contributed by atoms with Gasteiger partial charge < -0.3 is 10.2 Å². The molecule has 0 unspecified atom stereocenters. The van der Waals surface area contributed by atoms with Crippen LogP contribution in [0.15, 0.2) is 6.33 Å². The number of nitrogens with zero attached hydrogens (tertiary/aromatic N) is 3. The van der Waals surface area contributed by atoms with Crippen molar-refractivity contribution in [1.82, 2.24) is 15.3 Å². The highest BCUT2D eigenvalue weighted by molar-refractivity contribution is 5.48. The summed E-state index contributed by atoms with van der Waals surface area (Å²) in [6, 6.07) is 0. The van der Waals surface area contributed by atoms with Gasteiger partial charge in [-0.2, -0.15) is 0 Å². The normalized spacial score (nSPS) is 14.6. The Kier molecular flexibility index (Phi) is 3.72. The van der Waals surface area contributed by atoms with Crippen molar-refractivity contribution in [1.29, 1.82) is 0 Å². The van der Waals surface area contributed by atoms with Crippen LogP contribution in [0.5, 0.6) is 0 Å². The molecule has 1 N–H and O–H groups in total. The molecule has 1 aliphatic rings. The Hall–Kier alpha value is -1.16. The van der Waals surface area contributed by atoms with E-state index < -0.39 is 0 Å². The van der Waals surface area contributed by atoms with Crippen LogP contribution in [0.3, 0.4) is 0 Å². The predicted molar refractivity (Wildman–Crippen MR) is 65.6 cm³/mol. The molecular weight excluding hydrogens is 200 g/mol. The fourth-order valence-corrected chi connectivity index (χ4v) is 2.08. The second-order valence-corrected chi connectivity index (χ2v) is 4.32. The summed E-state index contributed by atoms with van der Waals surface area (Å²) in [7, 11) is 2.12. The van der Waals surface area contributed by atoms with Gasteiger partial charge in [0.2, 0.25) is 0 Å². The Labute approximate surface area is 97.1 Å². The quantitative estimate of drug-likeness (QED) is 0.832. The molecular formula is C12H20N4. The zero-order valence-electron chi connectivity index (χ0n) is 10.2. The van der Waals surface area contributed by atoms with Crippen LogP contribution in [0.2, 0.25) is 0 Å². The third-order valence-electron chi connectivity index (χ3n) is 3.06. The molecule has 2 rings (SSSR count). The second-order valence-electron chi connectivity index (χ2n) is 4.32. The van der Waals surface area contributed by atoms with Crippen molar-refractivity contribution in [2.45, 2.75) is 32.7 Å². The molecule has 88 valence electrons. The minimum Gasteiger partial charge on any atom is -0.359 e. The van der Waals surface area contributed by atoms with Gasteiger partial charge in [-0.15, -0.1) is 0 Å². The van der Waals surface area contributed by atoms with E-state index in [1.54, 1.807) is 6.33 Å². The topological polar surface area (TPSA) is 41.1 Å². The smallest absolute Gasteiger partial charge is 0.136 e. The largest absolute Gasteiger partial charge is 0.359 e. The molecule has 2 heterocycles. The van der Waals surface area contributed by atoms with Crippen LogP contribution in [-0.2, 0) is 13.0 Å². The summed E-state index contributed by atoms with van der Waals surface area (Å²) in [4.78, 5) is 11.0. The van der Waals surface area contributed by atoms with Gasteiger partial charge in [0.1, 0.15) is 12.1 Å². The monoisotopic (exact) mass is 220 g/mol. The third-order valence-corrected chi connectivity index (χ3v) is 3.06. The van der Waals surface area contributed by atoms with Gasteiger partial charge in [-0.05, 0) is 6.42 Å². The lowest BCUT2D eigenvalue weighted by atomic mass is 10.1. The molecule has 0 radical (unpaired) electrons. The van der Waals surface area contributed by atoms with Crippen LogP contribution in [0, 0.1) is 0 Å². The first-order valence-corrected chi connectivity index (χ1v) is 6.07. The molecule has 0 saturated heterocycles. The number of anilines is 1. The summed E-state index contributed by atoms with van der Waals surface area (Å²) in [5, 5.41) is 3.39. The van der Waals surface area contributed by atoms with Crippen molar-refractivity contribution >= 4 is 5.82 Å². The molecule has 16 heavy (non-hydrogen) atoms. The van der Waals surface area contributed by atoms with Gasteiger partial charge in [-0.1, -0.05) is 13.3 Å². The number of fused-ring (bicyclic) bond motifs is 1. The summed E-state index contributed by atoms with van der Waals surface area (Å²) in [5.74, 6) is 1.10. The molecule has 4 nitrogen and oxygen atoms in total. The highest BCUT2D eigenvalue weighted by atomic mass is 15.2. The molecule has 4 heteroatoms. The first-order chi connectivity index (χ1) is 7.83. The molecule has 0 atom stereocenters. The summed E-state index contributed by atoms with van der Waals surface area (Å²) in [6.45, 7) is 5.22. The molecule has 0 aliphatic carbocycles. The number of hydrogen-bond donors (Lipinski definition) is 1. The van der Waals surface area contributed by atoms with Gasteiger partial charge in [0, 0.05) is 38.7 Å². The van der Waals surface area contributed by atoms with Gasteiger partial charge in [0.15, 0.2) is 0 Å². The zero-order chi connectivity index (χ0) is 11.4. The summed E-state index contributed by atoms with van der Waals surface area (Å²) in [6.07, 6.45) is 5.15. The van der Waals surface area contributed by atoms with Gasteiger partial charge in [0.05, 0.1) is 5.69 Å². The standard InChI is InChI=1S/C12H20N4/c1-3-4-7-16(2)12-10-8-13-6-5-11(10)14-9-15-12/h9,13H,3-8H2,1-2H3. The molecule has 0 fully saturated rings. The second kappa shape index (κ2) is 5.25. The Balaban J connectivity index is 2.19. The van der Waals surface area contributed by atoms with Crippen LogP contribution in [0.4, 0.5) is 5.82 Å². The summed E-state index contributed by atoms with van der Waals surface area (Å²) >= 11 is 0. The molecule has 1 aromatic rings. The lowest BCUT2D eigenvalue weighted by Crippen LogP contribution is -2.29. The first kappa shape index (κ1) is 11.3. The van der Waals surface area contributed by atoms with Gasteiger partial charge in [0.25, 0.3) is 0 Å². The number of unbranched alkanes of at least 4 members (excludes halogenated alkanes) is 1. The fourth-order valence-electron chi connectivity index (χ4n) is 2.08. The van der Waals surface area contributed by atoms with Crippen molar-refractivity contribution in [3.05, 3.63) is 17.6 Å². The van der Waals surface area contributed by atoms with Crippen LogP contribution in [0.1, 0.15) is 31.0 Å². The van der Waals surface area contributed by atoms with E-state index in [1.165, 1.54) is 24.1 Å². The maximum Gasteiger partial charge on any atom is 0.136 e. The summed E-state index contributed by atoms with van der Waals surface area (Å²) in [5.41, 5.74) is 2.50. The van der Waals surface area contributed by atoms with Crippen LogP contribution in [-0.4, -0.2) is 30.1 Å². The van der Waals surface area contributed by atoms with Gasteiger partial charge in [-0.3, -0.25) is 0 Å². The van der Waals surface area contributed by atoms with E-state index in [0.29, 0.717) is 0 Å². The van der Waals surface area contributed by atoms with Crippen LogP contribution < -0.4 is 10.2 Å². The van der Waals surface area contributed by atoms with E-state index in [-0.39, 0.29) is 0 Å². The van der Waals surface area contributed by atoms with Crippen molar-refractivity contribution < 1.29 is 0 Å². The lowest BCUT2D eigenvalue weighted by Gasteiger charge is -2.24. The van der Waals surface area contributed by atoms with Crippen LogP contribution in [0.25, 0.3) is 0 Å². The molecule has 0 bridgehead atoms. The van der Waals surface area contributed by atoms with Crippen LogP contribution >= 0.6 is 0 Å². The van der Waals surface area contributed by atoms with Crippen molar-refractivity contribution in [2.24, 2.45) is 0 Å². The Bertz CT molecular complexity index is 351. The minimum absolute atomic E-state index is 0.905. The third kappa shape index (κ3) is 2.32. The van der Waals surface area contributed by atoms with E-state index in [9.17, 15) is 0 Å². The molecule has 1 aromatic heterocycles. The summed E-state index contributed by atoms with van der Waals surface area (Å²) < 4.78 is 0. The average Bonchev–Trinajstić information content (AvgIpc) is 2.35. The van der Waals surface area contributed by atoms with Crippen molar-refractivity contribution in [3.63, 3.8) is 0 Å². The number of rotatable bonds is 4. The number of hydrogen-bond acceptors (Lipinski definition) is 4. The Morgan fingerprint density at radius 2 is 2.31 bits per heavy atom. The van der Waals surface area contributed by atoms with Crippen molar-refractivity contribution in [2.75, 3.05) is 25.0 Å². The number of nitrogens with one attached hydrogen (secondary N) is 1. The maximum atomic E-state index is 4.42. The van der Waals surface area contributed by atoms with E-state index in [2.05, 4.69) is 34.2 Å². The van der Waals surface area contributed by atoms with Crippen molar-refractivity contribution in [3.8, 4) is 0 Å². The molecule has 1 aliphatic heterocycles. The average molecular weight is 220 g/mol. The van der Waals surface area contributed by atoms with Gasteiger partial charge in [-0.25, -0.2) is 9.97 Å². The van der Waals surface area contributed by atoms with E-state index >= 15 is 0 Å². The molecule has 0 aromatic carbocycles.